The Morgan fingerprint density at radius 2 is 1.89 bits per heavy atom. The molecule has 0 aromatic heterocycles. The molecule has 1 aromatic rings. The van der Waals surface area contributed by atoms with E-state index in [9.17, 15) is 9.59 Å². The summed E-state index contributed by atoms with van der Waals surface area (Å²) in [6.07, 6.45) is 0.800. The Hall–Kier alpha value is -1.66. The molecule has 1 saturated heterocycles. The second-order valence-corrected chi connectivity index (χ2v) is 8.59. The lowest BCUT2D eigenvalue weighted by Crippen LogP contribution is -2.48. The van der Waals surface area contributed by atoms with Gasteiger partial charge in [0.2, 0.25) is 0 Å². The molecule has 0 radical (unpaired) electrons. The minimum absolute atomic E-state index is 0.0190. The summed E-state index contributed by atoms with van der Waals surface area (Å²) >= 11 is 12.7. The highest BCUT2D eigenvalue weighted by Gasteiger charge is 2.37. The first-order chi connectivity index (χ1) is 13.1. The van der Waals surface area contributed by atoms with Gasteiger partial charge in [0.25, 0.3) is 0 Å². The molecule has 1 heterocycles. The van der Waals surface area contributed by atoms with E-state index in [4.69, 9.17) is 37.4 Å². The summed E-state index contributed by atoms with van der Waals surface area (Å²) in [6.45, 7) is 5.85. The number of carbonyl (C=O) groups excluding carboxylic acids is 2. The van der Waals surface area contributed by atoms with Crippen molar-refractivity contribution in [2.24, 2.45) is 0 Å². The van der Waals surface area contributed by atoms with Crippen LogP contribution in [0.25, 0.3) is 0 Å². The van der Waals surface area contributed by atoms with Crippen molar-refractivity contribution in [3.05, 3.63) is 27.7 Å². The van der Waals surface area contributed by atoms with E-state index in [0.29, 0.717) is 35.2 Å². The molecule has 1 amide bonds. The quantitative estimate of drug-likeness (QED) is 0.624. The number of likely N-dealkylation sites (tertiary alicyclic amines) is 1. The minimum Gasteiger partial charge on any atom is -0.496 e. The van der Waals surface area contributed by atoms with E-state index in [1.54, 1.807) is 24.1 Å². The fourth-order valence-electron chi connectivity index (χ4n) is 3.45. The number of halogens is 2. The van der Waals surface area contributed by atoms with Gasteiger partial charge in [0, 0.05) is 18.2 Å². The predicted octanol–water partition coefficient (Wildman–Crippen LogP) is 5.05. The van der Waals surface area contributed by atoms with E-state index in [1.807, 2.05) is 20.8 Å². The number of nitrogens with zero attached hydrogens (tertiary/aromatic N) is 1. The standard InChI is InChI=1S/C20H27Cl2NO5/c1-20(2,3)28-19(25)23-9-8-12(10-13(23)11-16(24)27-5)17-15(26-4)7-6-14(21)18(17)22/h6-7,12-13H,8-11H2,1-5H3/t12-,13+/m1/s1. The summed E-state index contributed by atoms with van der Waals surface area (Å²) < 4.78 is 15.8. The minimum atomic E-state index is -0.622. The average molecular weight is 432 g/mol. The number of hydrogen-bond donors (Lipinski definition) is 0. The lowest BCUT2D eigenvalue weighted by molar-refractivity contribution is -0.142. The molecular formula is C20H27Cl2NO5. The molecule has 156 valence electrons. The van der Waals surface area contributed by atoms with Crippen LogP contribution in [0.1, 0.15) is 51.5 Å². The van der Waals surface area contributed by atoms with Gasteiger partial charge in [0.1, 0.15) is 11.4 Å². The van der Waals surface area contributed by atoms with Crippen LogP contribution in [0, 0.1) is 0 Å². The molecular weight excluding hydrogens is 405 g/mol. The highest BCUT2D eigenvalue weighted by atomic mass is 35.5. The van der Waals surface area contributed by atoms with Crippen molar-refractivity contribution in [3.63, 3.8) is 0 Å². The molecule has 1 fully saturated rings. The zero-order valence-corrected chi connectivity index (χ0v) is 18.4. The summed E-state index contributed by atoms with van der Waals surface area (Å²) in [5.41, 5.74) is 0.179. The maximum Gasteiger partial charge on any atom is 0.410 e. The first-order valence-electron chi connectivity index (χ1n) is 9.15. The Morgan fingerprint density at radius 3 is 2.46 bits per heavy atom. The van der Waals surface area contributed by atoms with Crippen molar-refractivity contribution in [1.29, 1.82) is 0 Å². The van der Waals surface area contributed by atoms with E-state index in [-0.39, 0.29) is 24.3 Å². The van der Waals surface area contributed by atoms with Crippen LogP contribution >= 0.6 is 23.2 Å². The number of amides is 1. The second kappa shape index (κ2) is 9.23. The number of piperidine rings is 1. The maximum atomic E-state index is 12.7. The van der Waals surface area contributed by atoms with Crippen molar-refractivity contribution >= 4 is 35.3 Å². The summed E-state index contributed by atoms with van der Waals surface area (Å²) in [7, 11) is 2.90. The third kappa shape index (κ3) is 5.45. The summed E-state index contributed by atoms with van der Waals surface area (Å²) in [5, 5.41) is 0.880. The molecule has 0 unspecified atom stereocenters. The first kappa shape index (κ1) is 22.6. The van der Waals surface area contributed by atoms with Gasteiger partial charge in [0.15, 0.2) is 0 Å². The van der Waals surface area contributed by atoms with Crippen LogP contribution in [0.3, 0.4) is 0 Å². The SMILES string of the molecule is COC(=O)C[C@@H]1C[C@H](c2c(OC)ccc(Cl)c2Cl)CCN1C(=O)OC(C)(C)C. The smallest absolute Gasteiger partial charge is 0.410 e. The van der Waals surface area contributed by atoms with E-state index < -0.39 is 11.7 Å². The van der Waals surface area contributed by atoms with Crippen LogP contribution in [0.4, 0.5) is 4.79 Å². The van der Waals surface area contributed by atoms with Gasteiger partial charge in [-0.2, -0.15) is 0 Å². The fraction of sp³-hybridized carbons (Fsp3) is 0.600. The third-order valence-electron chi connectivity index (χ3n) is 4.69. The number of ether oxygens (including phenoxy) is 3. The average Bonchev–Trinajstić information content (AvgIpc) is 2.62. The first-order valence-corrected chi connectivity index (χ1v) is 9.91. The molecule has 2 atom stereocenters. The van der Waals surface area contributed by atoms with Crippen LogP contribution in [-0.2, 0) is 14.3 Å². The van der Waals surface area contributed by atoms with Crippen LogP contribution in [-0.4, -0.2) is 49.4 Å². The maximum absolute atomic E-state index is 12.7. The monoisotopic (exact) mass is 431 g/mol. The molecule has 1 aliphatic rings. The van der Waals surface area contributed by atoms with Crippen molar-refractivity contribution < 1.29 is 23.8 Å². The van der Waals surface area contributed by atoms with Gasteiger partial charge >= 0.3 is 12.1 Å². The lowest BCUT2D eigenvalue weighted by Gasteiger charge is -2.40. The molecule has 6 nitrogen and oxygen atoms in total. The van der Waals surface area contributed by atoms with Gasteiger partial charge in [-0.05, 0) is 51.7 Å². The highest BCUT2D eigenvalue weighted by Crippen LogP contribution is 2.44. The molecule has 1 aliphatic heterocycles. The molecule has 0 saturated carbocycles. The fourth-order valence-corrected chi connectivity index (χ4v) is 3.93. The Kier molecular flexibility index (Phi) is 7.46. The van der Waals surface area contributed by atoms with Gasteiger partial charge in [-0.25, -0.2) is 4.79 Å². The van der Waals surface area contributed by atoms with Crippen LogP contribution in [0.2, 0.25) is 10.0 Å². The van der Waals surface area contributed by atoms with Gasteiger partial charge in [0.05, 0.1) is 30.7 Å². The number of rotatable bonds is 4. The molecule has 0 spiro atoms. The van der Waals surface area contributed by atoms with Gasteiger partial charge in [-0.15, -0.1) is 0 Å². The van der Waals surface area contributed by atoms with Gasteiger partial charge in [-0.1, -0.05) is 23.2 Å². The van der Waals surface area contributed by atoms with Gasteiger partial charge in [-0.3, -0.25) is 4.79 Å². The number of hydrogen-bond acceptors (Lipinski definition) is 5. The molecule has 0 N–H and O–H groups in total. The van der Waals surface area contributed by atoms with E-state index in [0.717, 1.165) is 5.56 Å². The van der Waals surface area contributed by atoms with Crippen molar-refractivity contribution in [1.82, 2.24) is 4.90 Å². The number of carbonyl (C=O) groups is 2. The number of methoxy groups -OCH3 is 2. The third-order valence-corrected chi connectivity index (χ3v) is 5.51. The molecule has 1 aromatic carbocycles. The van der Waals surface area contributed by atoms with Crippen molar-refractivity contribution in [3.8, 4) is 5.75 Å². The normalized spacial score (nSPS) is 19.9. The molecule has 0 bridgehead atoms. The number of esters is 1. The zero-order chi connectivity index (χ0) is 21.1. The summed E-state index contributed by atoms with van der Waals surface area (Å²) in [6, 6.07) is 3.09. The van der Waals surface area contributed by atoms with Crippen LogP contribution in [0.15, 0.2) is 12.1 Å². The number of benzene rings is 1. The Morgan fingerprint density at radius 1 is 1.21 bits per heavy atom. The Balaban J connectivity index is 2.31. The van der Waals surface area contributed by atoms with Crippen LogP contribution in [0.5, 0.6) is 5.75 Å². The van der Waals surface area contributed by atoms with Crippen molar-refractivity contribution in [2.45, 2.75) is 57.6 Å². The predicted molar refractivity (Wildman–Crippen MR) is 108 cm³/mol. The largest absolute Gasteiger partial charge is 0.496 e. The molecule has 28 heavy (non-hydrogen) atoms. The Labute approximate surface area is 176 Å². The summed E-state index contributed by atoms with van der Waals surface area (Å²) in [4.78, 5) is 26.2. The lowest BCUT2D eigenvalue weighted by atomic mass is 9.83. The second-order valence-electron chi connectivity index (χ2n) is 7.81. The summed E-state index contributed by atoms with van der Waals surface area (Å²) in [5.74, 6) is 0.236. The van der Waals surface area contributed by atoms with E-state index in [1.165, 1.54) is 7.11 Å². The molecule has 0 aliphatic carbocycles. The highest BCUT2D eigenvalue weighted by molar-refractivity contribution is 6.42. The molecule has 2 rings (SSSR count). The van der Waals surface area contributed by atoms with Crippen LogP contribution < -0.4 is 4.74 Å². The van der Waals surface area contributed by atoms with E-state index in [2.05, 4.69) is 0 Å². The zero-order valence-electron chi connectivity index (χ0n) is 16.9. The Bertz CT molecular complexity index is 732. The topological polar surface area (TPSA) is 65.1 Å². The van der Waals surface area contributed by atoms with E-state index >= 15 is 0 Å². The van der Waals surface area contributed by atoms with Gasteiger partial charge < -0.3 is 19.1 Å². The molecule has 8 heteroatoms. The van der Waals surface area contributed by atoms with Crippen molar-refractivity contribution in [2.75, 3.05) is 20.8 Å².